The van der Waals surface area contributed by atoms with Crippen LogP contribution in [0.25, 0.3) is 11.0 Å². The second kappa shape index (κ2) is 5.94. The fourth-order valence-corrected chi connectivity index (χ4v) is 1.67. The van der Waals surface area contributed by atoms with Gasteiger partial charge in [0.1, 0.15) is 0 Å². The molecule has 4 heteroatoms. The van der Waals surface area contributed by atoms with Crippen molar-refractivity contribution in [3.05, 3.63) is 35.2 Å². The molecule has 17 heavy (non-hydrogen) atoms. The summed E-state index contributed by atoms with van der Waals surface area (Å²) in [6, 6.07) is 6.12. The molecule has 0 saturated heterocycles. The van der Waals surface area contributed by atoms with Crippen molar-refractivity contribution in [2.24, 2.45) is 0 Å². The van der Waals surface area contributed by atoms with Crippen LogP contribution in [0, 0.1) is 13.8 Å². The second-order valence-corrected chi connectivity index (χ2v) is 3.66. The minimum Gasteiger partial charge on any atom is -0.483 e. The minimum absolute atomic E-state index is 0.250. The normalized spacial score (nSPS) is 9.59. The molecule has 1 aromatic heterocycles. The summed E-state index contributed by atoms with van der Waals surface area (Å²) in [5.74, 6) is 0. The molecule has 0 atom stereocenters. The number of aromatic nitrogens is 2. The Bertz CT molecular complexity index is 524. The van der Waals surface area contributed by atoms with Crippen molar-refractivity contribution < 1.29 is 9.90 Å². The maximum Gasteiger partial charge on any atom is 0.290 e. The largest absolute Gasteiger partial charge is 0.483 e. The summed E-state index contributed by atoms with van der Waals surface area (Å²) in [5, 5.41) is 6.89. The van der Waals surface area contributed by atoms with Crippen molar-refractivity contribution in [1.29, 1.82) is 0 Å². The van der Waals surface area contributed by atoms with E-state index in [1.807, 2.05) is 19.1 Å². The number of carbonyl (C=O) groups is 1. The van der Waals surface area contributed by atoms with Crippen molar-refractivity contribution in [3.63, 3.8) is 0 Å². The van der Waals surface area contributed by atoms with E-state index in [9.17, 15) is 0 Å². The molecule has 0 saturated carbocycles. The zero-order valence-corrected chi connectivity index (χ0v) is 10.3. The highest BCUT2D eigenvalue weighted by Crippen LogP contribution is 2.16. The van der Waals surface area contributed by atoms with Gasteiger partial charge in [0, 0.05) is 0 Å². The molecule has 2 rings (SSSR count). The summed E-state index contributed by atoms with van der Waals surface area (Å²) in [4.78, 5) is 17.5. The van der Waals surface area contributed by atoms with Crippen molar-refractivity contribution in [2.45, 2.75) is 27.2 Å². The summed E-state index contributed by atoms with van der Waals surface area (Å²) < 4.78 is 0. The third-order valence-electron chi connectivity index (χ3n) is 2.50. The second-order valence-electron chi connectivity index (χ2n) is 3.66. The lowest BCUT2D eigenvalue weighted by atomic mass is 10.1. The lowest BCUT2D eigenvalue weighted by molar-refractivity contribution is -0.122. The van der Waals surface area contributed by atoms with Gasteiger partial charge in [-0.2, -0.15) is 0 Å². The molecule has 1 heterocycles. The Morgan fingerprint density at radius 2 is 1.94 bits per heavy atom. The number of nitrogens with zero attached hydrogens (tertiary/aromatic N) is 2. The number of rotatable bonds is 1. The molecule has 0 spiro atoms. The lowest BCUT2D eigenvalue weighted by Gasteiger charge is -2.05. The van der Waals surface area contributed by atoms with Crippen LogP contribution in [0.4, 0.5) is 0 Å². The zero-order chi connectivity index (χ0) is 12.8. The molecule has 0 aliphatic rings. The highest BCUT2D eigenvalue weighted by molar-refractivity contribution is 5.77. The maximum atomic E-state index is 8.36. The van der Waals surface area contributed by atoms with Gasteiger partial charge in [-0.05, 0) is 31.9 Å². The van der Waals surface area contributed by atoms with Crippen LogP contribution in [-0.4, -0.2) is 21.5 Å². The van der Waals surface area contributed by atoms with E-state index in [1.54, 1.807) is 0 Å². The first-order valence-corrected chi connectivity index (χ1v) is 5.44. The smallest absolute Gasteiger partial charge is 0.290 e. The first kappa shape index (κ1) is 13.1. The van der Waals surface area contributed by atoms with E-state index in [1.165, 1.54) is 5.56 Å². The molecular formula is C13H16N2O2. The fraction of sp³-hybridized carbons (Fsp3) is 0.308. The Hall–Kier alpha value is -1.97. The Morgan fingerprint density at radius 1 is 1.29 bits per heavy atom. The van der Waals surface area contributed by atoms with Gasteiger partial charge in [-0.15, -0.1) is 0 Å². The van der Waals surface area contributed by atoms with Gasteiger partial charge in [0.05, 0.1) is 22.4 Å². The Kier molecular flexibility index (Phi) is 4.57. The number of hydrogen-bond donors (Lipinski definition) is 1. The first-order chi connectivity index (χ1) is 8.13. The standard InChI is InChI=1S/C12H14N2.CH2O2/c1-4-10-9(3)13-12-8(2)6-5-7-11(12)14-10;2-1-3/h5-7H,4H2,1-3H3;1H,(H,2,3). The van der Waals surface area contributed by atoms with Crippen LogP contribution in [-0.2, 0) is 11.2 Å². The summed E-state index contributed by atoms with van der Waals surface area (Å²) in [5.41, 5.74) is 5.38. The Balaban J connectivity index is 0.000000437. The molecule has 90 valence electrons. The van der Waals surface area contributed by atoms with Gasteiger partial charge in [0.15, 0.2) is 0 Å². The quantitative estimate of drug-likeness (QED) is 0.767. The number of para-hydroxylation sites is 1. The Morgan fingerprint density at radius 3 is 2.53 bits per heavy atom. The fourth-order valence-electron chi connectivity index (χ4n) is 1.67. The highest BCUT2D eigenvalue weighted by Gasteiger charge is 2.04. The molecule has 2 aromatic rings. The number of hydrogen-bond acceptors (Lipinski definition) is 3. The van der Waals surface area contributed by atoms with Crippen LogP contribution in [0.15, 0.2) is 18.2 Å². The van der Waals surface area contributed by atoms with Crippen molar-refractivity contribution in [2.75, 3.05) is 0 Å². The molecule has 0 fully saturated rings. The highest BCUT2D eigenvalue weighted by atomic mass is 16.3. The first-order valence-electron chi connectivity index (χ1n) is 5.44. The van der Waals surface area contributed by atoms with Gasteiger partial charge >= 0.3 is 0 Å². The molecule has 4 nitrogen and oxygen atoms in total. The van der Waals surface area contributed by atoms with E-state index in [-0.39, 0.29) is 6.47 Å². The molecule has 0 unspecified atom stereocenters. The topological polar surface area (TPSA) is 63.1 Å². The zero-order valence-electron chi connectivity index (χ0n) is 10.3. The van der Waals surface area contributed by atoms with E-state index in [0.717, 1.165) is 28.8 Å². The average molecular weight is 232 g/mol. The van der Waals surface area contributed by atoms with Gasteiger partial charge < -0.3 is 5.11 Å². The van der Waals surface area contributed by atoms with Gasteiger partial charge in [-0.25, -0.2) is 9.97 Å². The van der Waals surface area contributed by atoms with Crippen LogP contribution >= 0.6 is 0 Å². The average Bonchev–Trinajstić information content (AvgIpc) is 2.31. The van der Waals surface area contributed by atoms with E-state index >= 15 is 0 Å². The molecule has 0 radical (unpaired) electrons. The summed E-state index contributed by atoms with van der Waals surface area (Å²) in [7, 11) is 0. The summed E-state index contributed by atoms with van der Waals surface area (Å²) >= 11 is 0. The van der Waals surface area contributed by atoms with Gasteiger partial charge in [-0.3, -0.25) is 4.79 Å². The molecule has 1 N–H and O–H groups in total. The predicted octanol–water partition coefficient (Wildman–Crippen LogP) is 2.51. The number of benzene rings is 1. The minimum atomic E-state index is -0.250. The number of fused-ring (bicyclic) bond motifs is 1. The van der Waals surface area contributed by atoms with Crippen LogP contribution in [0.2, 0.25) is 0 Å². The predicted molar refractivity (Wildman–Crippen MR) is 67.1 cm³/mol. The van der Waals surface area contributed by atoms with Gasteiger partial charge in [0.2, 0.25) is 0 Å². The van der Waals surface area contributed by atoms with E-state index in [0.29, 0.717) is 0 Å². The van der Waals surface area contributed by atoms with Crippen LogP contribution < -0.4 is 0 Å². The molecule has 0 amide bonds. The van der Waals surface area contributed by atoms with E-state index in [2.05, 4.69) is 29.9 Å². The van der Waals surface area contributed by atoms with Crippen LogP contribution in [0.1, 0.15) is 23.9 Å². The van der Waals surface area contributed by atoms with Crippen molar-refractivity contribution in [3.8, 4) is 0 Å². The van der Waals surface area contributed by atoms with Crippen LogP contribution in [0.5, 0.6) is 0 Å². The molecule has 0 aliphatic heterocycles. The van der Waals surface area contributed by atoms with E-state index in [4.69, 9.17) is 9.90 Å². The van der Waals surface area contributed by atoms with Crippen molar-refractivity contribution in [1.82, 2.24) is 9.97 Å². The Labute approximate surface area is 100 Å². The number of carboxylic acid groups (broad SMARTS) is 1. The summed E-state index contributed by atoms with van der Waals surface area (Å²) in [6.45, 7) is 5.96. The molecule has 0 aliphatic carbocycles. The SMILES string of the molecule is CCc1nc2cccc(C)c2nc1C.O=CO. The molecule has 0 bridgehead atoms. The van der Waals surface area contributed by atoms with Crippen LogP contribution in [0.3, 0.4) is 0 Å². The molecular weight excluding hydrogens is 216 g/mol. The van der Waals surface area contributed by atoms with Gasteiger partial charge in [-0.1, -0.05) is 19.1 Å². The molecule has 1 aromatic carbocycles. The van der Waals surface area contributed by atoms with Gasteiger partial charge in [0.25, 0.3) is 6.47 Å². The maximum absolute atomic E-state index is 8.36. The number of aryl methyl sites for hydroxylation is 3. The monoisotopic (exact) mass is 232 g/mol. The third-order valence-corrected chi connectivity index (χ3v) is 2.50. The van der Waals surface area contributed by atoms with Crippen molar-refractivity contribution >= 4 is 17.5 Å². The van der Waals surface area contributed by atoms with E-state index < -0.39 is 0 Å². The third kappa shape index (κ3) is 3.00. The lowest BCUT2D eigenvalue weighted by Crippen LogP contribution is -1.97. The summed E-state index contributed by atoms with van der Waals surface area (Å²) in [6.07, 6.45) is 0.947.